The fraction of sp³-hybridized carbons (Fsp3) is 0.333. The van der Waals surface area contributed by atoms with Gasteiger partial charge in [-0.2, -0.15) is 0 Å². The molecule has 2 rings (SSSR count). The molecule has 4 N–H and O–H groups in total. The molecule has 1 heterocycles. The van der Waals surface area contributed by atoms with Crippen molar-refractivity contribution in [3.8, 4) is 0 Å². The molecular weight excluding hydrogens is 239 g/mol. The van der Waals surface area contributed by atoms with Crippen molar-refractivity contribution in [2.75, 3.05) is 24.7 Å². The lowest BCUT2D eigenvalue weighted by Crippen LogP contribution is -2.30. The molecule has 0 aromatic heterocycles. The van der Waals surface area contributed by atoms with Gasteiger partial charge < -0.3 is 16.2 Å². The van der Waals surface area contributed by atoms with Crippen LogP contribution >= 0.6 is 23.4 Å². The number of hydrogen-bond acceptors (Lipinski definition) is 4. The fourth-order valence-electron chi connectivity index (χ4n) is 1.22. The number of hydrogen-bond donors (Lipinski definition) is 2. The van der Waals surface area contributed by atoms with Crippen molar-refractivity contribution in [3.05, 3.63) is 16.9 Å². The molecule has 0 atom stereocenters. The topological polar surface area (TPSA) is 61.3 Å². The van der Waals surface area contributed by atoms with E-state index in [-0.39, 0.29) is 16.0 Å². The van der Waals surface area contributed by atoms with Gasteiger partial charge in [-0.05, 0) is 6.07 Å². The van der Waals surface area contributed by atoms with E-state index in [0.29, 0.717) is 23.8 Å². The normalized spacial score (nSPS) is 16.4. The Balaban J connectivity index is 2.32. The van der Waals surface area contributed by atoms with Crippen LogP contribution in [0.3, 0.4) is 0 Å². The second kappa shape index (κ2) is 4.08. The van der Waals surface area contributed by atoms with Gasteiger partial charge in [-0.1, -0.05) is 11.6 Å². The minimum atomic E-state index is -0.536. The third kappa shape index (κ3) is 2.00. The summed E-state index contributed by atoms with van der Waals surface area (Å²) in [6, 6.07) is 1.48. The predicted octanol–water partition coefficient (Wildman–Crippen LogP) is 2.13. The van der Waals surface area contributed by atoms with Crippen LogP contribution in [0.4, 0.5) is 15.8 Å². The molecule has 82 valence electrons. The van der Waals surface area contributed by atoms with Gasteiger partial charge in [-0.25, -0.2) is 4.39 Å². The first kappa shape index (κ1) is 10.9. The third-order valence-electron chi connectivity index (χ3n) is 2.11. The number of nitrogen functional groups attached to an aromatic ring is 2. The van der Waals surface area contributed by atoms with Gasteiger partial charge in [0.15, 0.2) is 5.82 Å². The number of ether oxygens (including phenoxy) is 1. The largest absolute Gasteiger partial charge is 0.398 e. The van der Waals surface area contributed by atoms with Crippen molar-refractivity contribution in [1.29, 1.82) is 0 Å². The van der Waals surface area contributed by atoms with E-state index in [1.807, 2.05) is 0 Å². The summed E-state index contributed by atoms with van der Waals surface area (Å²) in [5.74, 6) is -0.536. The van der Waals surface area contributed by atoms with Gasteiger partial charge in [-0.15, -0.1) is 11.8 Å². The number of nitrogens with two attached hydrogens (primary N) is 2. The van der Waals surface area contributed by atoms with Crippen LogP contribution in [-0.4, -0.2) is 18.5 Å². The first-order chi connectivity index (χ1) is 7.09. The highest BCUT2D eigenvalue weighted by atomic mass is 35.5. The minimum Gasteiger partial charge on any atom is -0.398 e. The summed E-state index contributed by atoms with van der Waals surface area (Å²) in [6.45, 7) is 1.23. The van der Waals surface area contributed by atoms with Gasteiger partial charge in [0.1, 0.15) is 5.02 Å². The molecule has 1 aliphatic rings. The molecule has 0 saturated carbocycles. The van der Waals surface area contributed by atoms with Gasteiger partial charge in [0, 0.05) is 0 Å². The van der Waals surface area contributed by atoms with Crippen molar-refractivity contribution >= 4 is 34.7 Å². The second-order valence-corrected chi connectivity index (χ2v) is 4.98. The van der Waals surface area contributed by atoms with Crippen LogP contribution in [0.5, 0.6) is 0 Å². The summed E-state index contributed by atoms with van der Waals surface area (Å²) < 4.78 is 18.7. The van der Waals surface area contributed by atoms with E-state index in [1.165, 1.54) is 17.8 Å². The van der Waals surface area contributed by atoms with Crippen molar-refractivity contribution in [1.82, 2.24) is 0 Å². The highest BCUT2D eigenvalue weighted by Crippen LogP contribution is 2.39. The molecule has 1 aliphatic heterocycles. The molecule has 15 heavy (non-hydrogen) atoms. The lowest BCUT2D eigenvalue weighted by Gasteiger charge is -2.26. The summed E-state index contributed by atoms with van der Waals surface area (Å²) in [6.07, 6.45) is 0. The van der Waals surface area contributed by atoms with E-state index in [4.69, 9.17) is 27.8 Å². The van der Waals surface area contributed by atoms with Crippen LogP contribution in [0.15, 0.2) is 11.0 Å². The van der Waals surface area contributed by atoms with Gasteiger partial charge in [-0.3, -0.25) is 0 Å². The quantitative estimate of drug-likeness (QED) is 0.788. The van der Waals surface area contributed by atoms with E-state index in [0.717, 1.165) is 0 Å². The molecule has 0 unspecified atom stereocenters. The molecule has 6 heteroatoms. The Morgan fingerprint density at radius 1 is 1.40 bits per heavy atom. The maximum absolute atomic E-state index is 13.7. The monoisotopic (exact) mass is 248 g/mol. The lowest BCUT2D eigenvalue weighted by atomic mass is 10.3. The molecule has 0 bridgehead atoms. The summed E-state index contributed by atoms with van der Waals surface area (Å²) >= 11 is 7.04. The van der Waals surface area contributed by atoms with E-state index in [9.17, 15) is 4.39 Å². The van der Waals surface area contributed by atoms with Crippen molar-refractivity contribution in [2.24, 2.45) is 0 Å². The Bertz CT molecular complexity index is 398. The first-order valence-electron chi connectivity index (χ1n) is 4.37. The minimum absolute atomic E-state index is 0.0630. The maximum Gasteiger partial charge on any atom is 0.159 e. The highest BCUT2D eigenvalue weighted by molar-refractivity contribution is 8.00. The molecule has 1 saturated heterocycles. The fourth-order valence-corrected chi connectivity index (χ4v) is 2.49. The molecule has 0 aliphatic carbocycles. The molecule has 1 aromatic rings. The number of halogens is 2. The molecule has 0 amide bonds. The summed E-state index contributed by atoms with van der Waals surface area (Å²) in [7, 11) is 0. The first-order valence-corrected chi connectivity index (χ1v) is 5.62. The van der Waals surface area contributed by atoms with Crippen LogP contribution in [0.1, 0.15) is 0 Å². The zero-order valence-electron chi connectivity index (χ0n) is 7.80. The Kier molecular flexibility index (Phi) is 2.95. The van der Waals surface area contributed by atoms with Crippen LogP contribution < -0.4 is 11.5 Å². The lowest BCUT2D eigenvalue weighted by molar-refractivity contribution is 0.0455. The molecule has 0 radical (unpaired) electrons. The Hall–Kier alpha value is -0.650. The SMILES string of the molecule is Nc1cc(N)c(SC2COC2)c(F)c1Cl. The van der Waals surface area contributed by atoms with Crippen molar-refractivity contribution in [2.45, 2.75) is 10.1 Å². The average Bonchev–Trinajstić information content (AvgIpc) is 2.11. The van der Waals surface area contributed by atoms with E-state index >= 15 is 0 Å². The molecular formula is C9H10ClFN2OS. The van der Waals surface area contributed by atoms with Gasteiger partial charge in [0.25, 0.3) is 0 Å². The Morgan fingerprint density at radius 3 is 2.60 bits per heavy atom. The Labute approximate surface area is 95.9 Å². The van der Waals surface area contributed by atoms with Crippen LogP contribution in [-0.2, 0) is 4.74 Å². The highest BCUT2D eigenvalue weighted by Gasteiger charge is 2.24. The summed E-state index contributed by atoms with van der Waals surface area (Å²) in [5.41, 5.74) is 11.7. The van der Waals surface area contributed by atoms with E-state index in [2.05, 4.69) is 0 Å². The van der Waals surface area contributed by atoms with E-state index < -0.39 is 5.82 Å². The molecule has 0 spiro atoms. The number of rotatable bonds is 2. The summed E-state index contributed by atoms with van der Waals surface area (Å²) in [5, 5.41) is 0.188. The standard InChI is InChI=1S/C9H10ClFN2OS/c10-7-5(12)1-6(13)9(8(7)11)15-4-2-14-3-4/h1,4H,2-3,12-13H2. The molecule has 3 nitrogen and oxygen atoms in total. The third-order valence-corrected chi connectivity index (χ3v) is 3.75. The zero-order chi connectivity index (χ0) is 11.0. The van der Waals surface area contributed by atoms with Crippen molar-refractivity contribution in [3.63, 3.8) is 0 Å². The smallest absolute Gasteiger partial charge is 0.159 e. The van der Waals surface area contributed by atoms with Crippen LogP contribution in [0, 0.1) is 5.82 Å². The number of anilines is 2. The van der Waals surface area contributed by atoms with Crippen LogP contribution in [0.2, 0.25) is 5.02 Å². The predicted molar refractivity (Wildman–Crippen MR) is 60.7 cm³/mol. The molecule has 1 fully saturated rings. The van der Waals surface area contributed by atoms with Crippen molar-refractivity contribution < 1.29 is 9.13 Å². The maximum atomic E-state index is 13.7. The van der Waals surface area contributed by atoms with Gasteiger partial charge in [0.2, 0.25) is 0 Å². The zero-order valence-corrected chi connectivity index (χ0v) is 9.37. The average molecular weight is 249 g/mol. The van der Waals surface area contributed by atoms with Crippen LogP contribution in [0.25, 0.3) is 0 Å². The van der Waals surface area contributed by atoms with E-state index in [1.54, 1.807) is 0 Å². The number of benzene rings is 1. The Morgan fingerprint density at radius 2 is 2.07 bits per heavy atom. The van der Waals surface area contributed by atoms with Gasteiger partial charge in [0.05, 0.1) is 34.7 Å². The number of thioether (sulfide) groups is 1. The second-order valence-electron chi connectivity index (χ2n) is 3.29. The summed E-state index contributed by atoms with van der Waals surface area (Å²) in [4.78, 5) is 0.363. The molecule has 1 aromatic carbocycles. The van der Waals surface area contributed by atoms with Gasteiger partial charge >= 0.3 is 0 Å².